The van der Waals surface area contributed by atoms with Crippen molar-refractivity contribution in [3.63, 3.8) is 0 Å². The van der Waals surface area contributed by atoms with E-state index in [4.69, 9.17) is 35.3 Å². The summed E-state index contributed by atoms with van der Waals surface area (Å²) in [5.41, 5.74) is 12.4. The highest BCUT2D eigenvalue weighted by molar-refractivity contribution is 8.76. The van der Waals surface area contributed by atoms with Gasteiger partial charge < -0.3 is 45.1 Å². The van der Waals surface area contributed by atoms with E-state index in [1.807, 2.05) is 6.26 Å². The molecule has 1 aliphatic rings. The summed E-state index contributed by atoms with van der Waals surface area (Å²) in [4.78, 5) is 44.8. The fourth-order valence-corrected chi connectivity index (χ4v) is 7.21. The Bertz CT molecular complexity index is 1350. The number of phosphoric acid groups is 3. The molecule has 0 radical (unpaired) electrons. The molecule has 22 heteroatoms. The van der Waals surface area contributed by atoms with Crippen molar-refractivity contribution in [2.75, 3.05) is 31.1 Å². The number of hydrogen-bond acceptors (Lipinski definition) is 14. The Hall–Kier alpha value is -1.03. The van der Waals surface area contributed by atoms with Gasteiger partial charge in [0.05, 0.1) is 30.2 Å². The molecule has 0 aliphatic carbocycles. The molecule has 0 bridgehead atoms. The molecule has 17 nitrogen and oxygen atoms in total. The van der Waals surface area contributed by atoms with Crippen molar-refractivity contribution in [2.24, 2.45) is 5.73 Å². The molecule has 1 aliphatic heterocycles. The van der Waals surface area contributed by atoms with E-state index in [-0.39, 0.29) is 24.7 Å². The van der Waals surface area contributed by atoms with Crippen molar-refractivity contribution in [3.05, 3.63) is 18.1 Å². The minimum atomic E-state index is -5.66. The van der Waals surface area contributed by atoms with E-state index in [0.29, 0.717) is 16.6 Å². The summed E-state index contributed by atoms with van der Waals surface area (Å²) in [5, 5.41) is 0.476. The maximum atomic E-state index is 12.2. The Morgan fingerprint density at radius 3 is 2.61 bits per heavy atom. The molecule has 3 unspecified atom stereocenters. The first-order chi connectivity index (χ1) is 17.8. The average Bonchev–Trinajstić information content (AvgIpc) is 3.36. The number of anilines is 1. The quantitative estimate of drug-likeness (QED) is 0.0631. The summed E-state index contributed by atoms with van der Waals surface area (Å²) in [6.07, 6.45) is 2.54. The zero-order chi connectivity index (χ0) is 28.1. The molecule has 5 atom stereocenters. The lowest BCUT2D eigenvalue weighted by molar-refractivity contribution is -0.0520. The Morgan fingerprint density at radius 2 is 1.95 bits per heavy atom. The number of rotatable bonds is 12. The van der Waals surface area contributed by atoms with E-state index in [1.54, 1.807) is 10.8 Å². The topological polar surface area (TPSA) is 261 Å². The lowest BCUT2D eigenvalue weighted by Crippen LogP contribution is -2.28. The van der Waals surface area contributed by atoms with Crippen molar-refractivity contribution in [1.29, 1.82) is 0 Å². The average molecular weight is 635 g/mol. The van der Waals surface area contributed by atoms with Gasteiger partial charge in [0.2, 0.25) is 0 Å². The predicted molar refractivity (Wildman–Crippen MR) is 137 cm³/mol. The van der Waals surface area contributed by atoms with Crippen LogP contribution in [0.25, 0.3) is 11.0 Å². The smallest absolute Gasteiger partial charge is 0.383 e. The van der Waals surface area contributed by atoms with Gasteiger partial charge in [0.15, 0.2) is 0 Å². The molecule has 0 aromatic carbocycles. The van der Waals surface area contributed by atoms with Crippen molar-refractivity contribution >= 4 is 61.9 Å². The Labute approximate surface area is 223 Å². The van der Waals surface area contributed by atoms with Crippen LogP contribution in [0.2, 0.25) is 0 Å². The third-order valence-corrected chi connectivity index (χ3v) is 9.99. The molecule has 3 heterocycles. The first-order valence-electron chi connectivity index (χ1n) is 10.3. The normalized spacial score (nSPS) is 23.1. The van der Waals surface area contributed by atoms with Crippen LogP contribution in [0, 0.1) is 11.8 Å². The monoisotopic (exact) mass is 635 g/mol. The molecular weight excluding hydrogens is 611 g/mol. The fraction of sp³-hybridized carbons (Fsp3) is 0.500. The Morgan fingerprint density at radius 1 is 1.21 bits per heavy atom. The van der Waals surface area contributed by atoms with Gasteiger partial charge in [0.1, 0.15) is 36.1 Å². The molecule has 212 valence electrons. The van der Waals surface area contributed by atoms with Gasteiger partial charge in [-0.15, -0.1) is 0 Å². The van der Waals surface area contributed by atoms with E-state index < -0.39 is 48.5 Å². The SMILES string of the molecule is CSSCO[C@H]1C[C@@H](n2cc(C#CCN)c3c(N)ncnc32)OC1COP(=O)(O)OP(=O)(O)OP(=O)(O)O. The number of phosphoric ester groups is 1. The second-order valence-electron chi connectivity index (χ2n) is 7.27. The van der Waals surface area contributed by atoms with Gasteiger partial charge in [-0.05, 0) is 6.26 Å². The number of aromatic nitrogens is 3. The summed E-state index contributed by atoms with van der Waals surface area (Å²) in [6, 6.07) is 0. The summed E-state index contributed by atoms with van der Waals surface area (Å²) in [6.45, 7) is -0.573. The van der Waals surface area contributed by atoms with Crippen LogP contribution in [-0.4, -0.2) is 71.7 Å². The van der Waals surface area contributed by atoms with Gasteiger partial charge >= 0.3 is 23.5 Å². The van der Waals surface area contributed by atoms with Gasteiger partial charge in [-0.25, -0.2) is 23.7 Å². The highest BCUT2D eigenvalue weighted by Gasteiger charge is 2.43. The third-order valence-electron chi connectivity index (χ3n) is 4.72. The zero-order valence-corrected chi connectivity index (χ0v) is 23.7. The van der Waals surface area contributed by atoms with E-state index in [2.05, 4.69) is 30.4 Å². The van der Waals surface area contributed by atoms with E-state index in [0.717, 1.165) is 0 Å². The van der Waals surface area contributed by atoms with Gasteiger partial charge in [0.25, 0.3) is 0 Å². The number of ether oxygens (including phenoxy) is 2. The second-order valence-corrected chi connectivity index (χ2v) is 14.2. The highest BCUT2D eigenvalue weighted by Crippen LogP contribution is 2.66. The van der Waals surface area contributed by atoms with Crippen LogP contribution >= 0.6 is 45.1 Å². The fourth-order valence-electron chi connectivity index (χ4n) is 3.40. The van der Waals surface area contributed by atoms with Crippen LogP contribution in [0.1, 0.15) is 18.2 Å². The van der Waals surface area contributed by atoms with Gasteiger partial charge in [0, 0.05) is 12.6 Å². The first kappa shape index (κ1) is 31.5. The molecule has 2 aromatic heterocycles. The molecule has 1 fully saturated rings. The van der Waals surface area contributed by atoms with E-state index in [9.17, 15) is 23.5 Å². The summed E-state index contributed by atoms with van der Waals surface area (Å²) >= 11 is 0. The Balaban J connectivity index is 1.82. The van der Waals surface area contributed by atoms with E-state index >= 15 is 0 Å². The van der Waals surface area contributed by atoms with Crippen molar-refractivity contribution in [1.82, 2.24) is 14.5 Å². The molecule has 3 rings (SSSR count). The third kappa shape index (κ3) is 8.73. The maximum Gasteiger partial charge on any atom is 0.490 e. The van der Waals surface area contributed by atoms with Crippen LogP contribution < -0.4 is 11.5 Å². The largest absolute Gasteiger partial charge is 0.490 e. The van der Waals surface area contributed by atoms with Crippen LogP contribution in [0.15, 0.2) is 12.5 Å². The number of nitrogens with zero attached hydrogens (tertiary/aromatic N) is 3. The molecule has 0 amide bonds. The predicted octanol–water partition coefficient (Wildman–Crippen LogP) is 1.31. The number of nitrogens with two attached hydrogens (primary N) is 2. The Kier molecular flexibility index (Phi) is 10.8. The summed E-state index contributed by atoms with van der Waals surface area (Å²) in [5.74, 6) is 6.05. The molecule has 8 N–H and O–H groups in total. The minimum Gasteiger partial charge on any atom is -0.383 e. The molecule has 0 saturated carbocycles. The van der Waals surface area contributed by atoms with Crippen LogP contribution in [0.5, 0.6) is 0 Å². The van der Waals surface area contributed by atoms with Gasteiger partial charge in [-0.2, -0.15) is 8.62 Å². The molecular formula is C16H24N5O12P3S2. The molecule has 38 heavy (non-hydrogen) atoms. The van der Waals surface area contributed by atoms with Crippen LogP contribution in [0.3, 0.4) is 0 Å². The standard InChI is InChI=1S/C16H24N5O12P3S2/c1-37-38-9-29-11-5-13(21-6-10(3-2-4-17)14-15(18)19-8-20-16(14)21)31-12(11)7-30-35(25,26)33-36(27,28)32-34(22,23)24/h6,8,11-13H,4-5,7,9,17H2,1H3,(H,25,26)(H,27,28)(H2,18,19,20)(H2,22,23,24)/t11-,12?,13-/m0/s1. The molecule has 1 saturated heterocycles. The zero-order valence-electron chi connectivity index (χ0n) is 19.4. The summed E-state index contributed by atoms with van der Waals surface area (Å²) < 4.78 is 60.3. The molecule has 0 spiro atoms. The second kappa shape index (κ2) is 13.1. The molecule has 2 aromatic rings. The van der Waals surface area contributed by atoms with Crippen molar-refractivity contribution in [2.45, 2.75) is 24.9 Å². The van der Waals surface area contributed by atoms with Crippen molar-refractivity contribution in [3.8, 4) is 11.8 Å². The number of fused-ring (bicyclic) bond motifs is 1. The van der Waals surface area contributed by atoms with Crippen LogP contribution in [-0.2, 0) is 36.3 Å². The van der Waals surface area contributed by atoms with E-state index in [1.165, 1.54) is 27.9 Å². The van der Waals surface area contributed by atoms with Gasteiger partial charge in [-0.1, -0.05) is 33.4 Å². The minimum absolute atomic E-state index is 0.103. The number of hydrogen-bond donors (Lipinski definition) is 6. The summed E-state index contributed by atoms with van der Waals surface area (Å²) in [7, 11) is -13.7. The lowest BCUT2D eigenvalue weighted by Gasteiger charge is -2.21. The first-order valence-corrected chi connectivity index (χ1v) is 17.5. The number of nitrogen functional groups attached to an aromatic ring is 1. The maximum absolute atomic E-state index is 12.2. The van der Waals surface area contributed by atoms with Crippen molar-refractivity contribution < 1.29 is 55.9 Å². The van der Waals surface area contributed by atoms with Gasteiger partial charge in [-0.3, -0.25) is 4.52 Å². The van der Waals surface area contributed by atoms with Crippen LogP contribution in [0.4, 0.5) is 5.82 Å². The highest BCUT2D eigenvalue weighted by atomic mass is 33.1. The lowest BCUT2D eigenvalue weighted by atomic mass is 10.2.